The first kappa shape index (κ1) is 13.9. The van der Waals surface area contributed by atoms with Gasteiger partial charge in [0.05, 0.1) is 12.3 Å². The molecule has 2 amide bonds. The molecule has 2 rings (SSSR count). The molecule has 1 aromatic carbocycles. The van der Waals surface area contributed by atoms with Crippen LogP contribution in [0.5, 0.6) is 0 Å². The van der Waals surface area contributed by atoms with Crippen molar-refractivity contribution in [1.82, 2.24) is 4.90 Å². The van der Waals surface area contributed by atoms with Gasteiger partial charge in [-0.1, -0.05) is 30.3 Å². The van der Waals surface area contributed by atoms with Gasteiger partial charge in [0.2, 0.25) is 11.8 Å². The summed E-state index contributed by atoms with van der Waals surface area (Å²) in [5.74, 6) is -3.70. The Labute approximate surface area is 115 Å². The number of β-lactam (4-membered cyclic amide) rings is 1. The number of carbonyl (C=O) groups excluding carboxylic acids is 3. The zero-order valence-electron chi connectivity index (χ0n) is 10.8. The molecule has 104 valence electrons. The molecule has 0 unspecified atom stereocenters. The van der Waals surface area contributed by atoms with E-state index >= 15 is 0 Å². The van der Waals surface area contributed by atoms with E-state index in [-0.39, 0.29) is 0 Å². The van der Waals surface area contributed by atoms with Crippen molar-refractivity contribution in [2.24, 2.45) is 5.92 Å². The second-order valence-corrected chi connectivity index (χ2v) is 4.61. The molecule has 1 aromatic rings. The Morgan fingerprint density at radius 2 is 1.80 bits per heavy atom. The van der Waals surface area contributed by atoms with Crippen LogP contribution in [0.3, 0.4) is 0 Å². The molecular formula is C14H13NO5. The highest BCUT2D eigenvalue weighted by Gasteiger charge is 2.53. The number of ketones is 1. The molecular weight excluding hydrogens is 262 g/mol. The Kier molecular flexibility index (Phi) is 3.65. The van der Waals surface area contributed by atoms with Gasteiger partial charge < -0.3 is 5.11 Å². The van der Waals surface area contributed by atoms with E-state index < -0.39 is 41.9 Å². The second kappa shape index (κ2) is 5.24. The fourth-order valence-corrected chi connectivity index (χ4v) is 2.36. The van der Waals surface area contributed by atoms with Crippen molar-refractivity contribution >= 4 is 23.6 Å². The van der Waals surface area contributed by atoms with Gasteiger partial charge >= 0.3 is 5.97 Å². The van der Waals surface area contributed by atoms with E-state index in [0.717, 1.165) is 4.90 Å². The summed E-state index contributed by atoms with van der Waals surface area (Å²) in [7, 11) is 0. The number of likely N-dealkylation sites (tertiary alicyclic amines) is 1. The van der Waals surface area contributed by atoms with E-state index in [4.69, 9.17) is 5.11 Å². The monoisotopic (exact) mass is 275 g/mol. The fourth-order valence-electron chi connectivity index (χ4n) is 2.36. The molecule has 1 aliphatic heterocycles. The molecule has 1 N–H and O–H groups in total. The first-order chi connectivity index (χ1) is 9.43. The molecule has 1 fully saturated rings. The van der Waals surface area contributed by atoms with Crippen molar-refractivity contribution < 1.29 is 24.3 Å². The molecule has 0 saturated carbocycles. The number of Topliss-reactive ketones (excluding diaryl/α,β-unsaturated/α-hetero) is 1. The molecule has 0 spiro atoms. The minimum absolute atomic E-state index is 0.353. The van der Waals surface area contributed by atoms with E-state index in [0.29, 0.717) is 5.56 Å². The van der Waals surface area contributed by atoms with E-state index in [9.17, 15) is 19.2 Å². The van der Waals surface area contributed by atoms with Gasteiger partial charge in [-0.15, -0.1) is 0 Å². The van der Waals surface area contributed by atoms with Crippen LogP contribution in [0, 0.1) is 5.92 Å². The molecule has 0 aliphatic carbocycles. The summed E-state index contributed by atoms with van der Waals surface area (Å²) >= 11 is 0. The van der Waals surface area contributed by atoms with Crippen molar-refractivity contribution in [2.75, 3.05) is 0 Å². The lowest BCUT2D eigenvalue weighted by atomic mass is 9.80. The number of nitrogens with zero attached hydrogens (tertiary/aromatic N) is 1. The normalized spacial score (nSPS) is 21.2. The van der Waals surface area contributed by atoms with E-state index in [1.165, 1.54) is 6.92 Å². The number of amides is 2. The van der Waals surface area contributed by atoms with Crippen LogP contribution >= 0.6 is 0 Å². The lowest BCUT2D eigenvalue weighted by Crippen LogP contribution is -2.66. The first-order valence-electron chi connectivity index (χ1n) is 6.08. The maximum atomic E-state index is 12.3. The Morgan fingerprint density at radius 3 is 2.30 bits per heavy atom. The zero-order valence-corrected chi connectivity index (χ0v) is 10.8. The Balaban J connectivity index is 2.29. The number of hydrogen-bond donors (Lipinski definition) is 1. The number of imide groups is 1. The van der Waals surface area contributed by atoms with E-state index in [1.807, 2.05) is 0 Å². The molecule has 20 heavy (non-hydrogen) atoms. The van der Waals surface area contributed by atoms with Crippen LogP contribution < -0.4 is 0 Å². The van der Waals surface area contributed by atoms with Gasteiger partial charge in [-0.05, 0) is 0 Å². The molecule has 6 heteroatoms. The predicted molar refractivity (Wildman–Crippen MR) is 67.8 cm³/mol. The zero-order chi connectivity index (χ0) is 14.9. The highest BCUT2D eigenvalue weighted by Crippen LogP contribution is 2.32. The standard InChI is InChI=1S/C14H13NO5/c1-8(16)15-12(10(14(15)20)7-11(17)18)13(19)9-5-3-2-4-6-9/h2-6,10,12H,7H2,1H3,(H,17,18)/t10-,12-/m1/s1. The molecule has 1 aliphatic rings. The second-order valence-electron chi connectivity index (χ2n) is 4.61. The molecule has 1 heterocycles. The van der Waals surface area contributed by atoms with Gasteiger partial charge in [-0.3, -0.25) is 24.1 Å². The summed E-state index contributed by atoms with van der Waals surface area (Å²) in [6.07, 6.45) is -0.453. The minimum atomic E-state index is -1.17. The molecule has 2 atom stereocenters. The number of rotatable bonds is 4. The molecule has 0 aromatic heterocycles. The SMILES string of the molecule is CC(=O)N1C(=O)[C@H](CC(=O)O)[C@@H]1C(=O)c1ccccc1. The predicted octanol–water partition coefficient (Wildman–Crippen LogP) is 0.717. The maximum absolute atomic E-state index is 12.3. The van der Waals surface area contributed by atoms with Gasteiger partial charge in [-0.2, -0.15) is 0 Å². The highest BCUT2D eigenvalue weighted by atomic mass is 16.4. The van der Waals surface area contributed by atoms with Crippen molar-refractivity contribution in [3.8, 4) is 0 Å². The first-order valence-corrected chi connectivity index (χ1v) is 6.08. The Bertz CT molecular complexity index is 580. The molecule has 6 nitrogen and oxygen atoms in total. The molecule has 0 bridgehead atoms. The molecule has 1 saturated heterocycles. The van der Waals surface area contributed by atoms with E-state index in [1.54, 1.807) is 30.3 Å². The number of hydrogen-bond acceptors (Lipinski definition) is 4. The summed E-state index contributed by atoms with van der Waals surface area (Å²) in [6.45, 7) is 1.18. The average Bonchev–Trinajstić information content (AvgIpc) is 2.41. The molecule has 0 radical (unpaired) electrons. The van der Waals surface area contributed by atoms with Gasteiger partial charge in [0.15, 0.2) is 5.78 Å². The Morgan fingerprint density at radius 1 is 1.20 bits per heavy atom. The smallest absolute Gasteiger partial charge is 0.304 e. The number of carbonyl (C=O) groups is 4. The van der Waals surface area contributed by atoms with Crippen LogP contribution in [0.4, 0.5) is 0 Å². The minimum Gasteiger partial charge on any atom is -0.481 e. The van der Waals surface area contributed by atoms with Crippen LogP contribution in [0.1, 0.15) is 23.7 Å². The summed E-state index contributed by atoms with van der Waals surface area (Å²) in [5.41, 5.74) is 0.353. The summed E-state index contributed by atoms with van der Waals surface area (Å²) in [6, 6.07) is 7.19. The van der Waals surface area contributed by atoms with Crippen LogP contribution in [0.15, 0.2) is 30.3 Å². The topological polar surface area (TPSA) is 91.8 Å². The quantitative estimate of drug-likeness (QED) is 0.645. The lowest BCUT2D eigenvalue weighted by molar-refractivity contribution is -0.166. The maximum Gasteiger partial charge on any atom is 0.304 e. The third-order valence-electron chi connectivity index (χ3n) is 3.27. The van der Waals surface area contributed by atoms with Crippen LogP contribution in [0.25, 0.3) is 0 Å². The van der Waals surface area contributed by atoms with Gasteiger partial charge in [0.25, 0.3) is 0 Å². The third kappa shape index (κ3) is 2.32. The van der Waals surface area contributed by atoms with Crippen LogP contribution in [-0.2, 0) is 14.4 Å². The summed E-state index contributed by atoms with van der Waals surface area (Å²) < 4.78 is 0. The number of benzene rings is 1. The van der Waals surface area contributed by atoms with Crippen molar-refractivity contribution in [2.45, 2.75) is 19.4 Å². The number of aliphatic carboxylic acids is 1. The largest absolute Gasteiger partial charge is 0.481 e. The number of carboxylic acid groups (broad SMARTS) is 1. The van der Waals surface area contributed by atoms with Crippen LogP contribution in [-0.4, -0.2) is 39.6 Å². The van der Waals surface area contributed by atoms with E-state index in [2.05, 4.69) is 0 Å². The van der Waals surface area contributed by atoms with Gasteiger partial charge in [0.1, 0.15) is 6.04 Å². The lowest BCUT2D eigenvalue weighted by Gasteiger charge is -2.43. The summed E-state index contributed by atoms with van der Waals surface area (Å²) in [5, 5.41) is 8.79. The van der Waals surface area contributed by atoms with Crippen LogP contribution in [0.2, 0.25) is 0 Å². The highest BCUT2D eigenvalue weighted by molar-refractivity contribution is 6.14. The number of carboxylic acids is 1. The Hall–Kier alpha value is -2.50. The van der Waals surface area contributed by atoms with Crippen molar-refractivity contribution in [3.63, 3.8) is 0 Å². The van der Waals surface area contributed by atoms with Gasteiger partial charge in [0, 0.05) is 12.5 Å². The summed E-state index contributed by atoms with van der Waals surface area (Å²) in [4.78, 5) is 47.1. The fraction of sp³-hybridized carbons (Fsp3) is 0.286. The third-order valence-corrected chi connectivity index (χ3v) is 3.27. The average molecular weight is 275 g/mol. The van der Waals surface area contributed by atoms with Gasteiger partial charge in [-0.25, -0.2) is 0 Å². The van der Waals surface area contributed by atoms with Crippen molar-refractivity contribution in [1.29, 1.82) is 0 Å². The van der Waals surface area contributed by atoms with Crippen molar-refractivity contribution in [3.05, 3.63) is 35.9 Å².